The summed E-state index contributed by atoms with van der Waals surface area (Å²) in [4.78, 5) is 36.9. The molecule has 0 spiro atoms. The van der Waals surface area contributed by atoms with Crippen molar-refractivity contribution in [1.82, 2.24) is 4.90 Å². The van der Waals surface area contributed by atoms with Gasteiger partial charge in [0.15, 0.2) is 0 Å². The van der Waals surface area contributed by atoms with Crippen molar-refractivity contribution < 1.29 is 19.5 Å². The summed E-state index contributed by atoms with van der Waals surface area (Å²) in [6.45, 7) is 7.07. The lowest BCUT2D eigenvalue weighted by atomic mass is 9.92. The predicted octanol–water partition coefficient (Wildman–Crippen LogP) is 1.27. The van der Waals surface area contributed by atoms with Crippen LogP contribution in [0.2, 0.25) is 0 Å². The van der Waals surface area contributed by atoms with E-state index in [0.717, 1.165) is 4.90 Å². The summed E-state index contributed by atoms with van der Waals surface area (Å²) in [6, 6.07) is 0. The van der Waals surface area contributed by atoms with Crippen LogP contribution in [0.15, 0.2) is 0 Å². The van der Waals surface area contributed by atoms with Gasteiger partial charge >= 0.3 is 5.97 Å². The first kappa shape index (κ1) is 13.1. The van der Waals surface area contributed by atoms with Gasteiger partial charge < -0.3 is 5.11 Å². The minimum absolute atomic E-state index is 0.291. The van der Waals surface area contributed by atoms with Crippen molar-refractivity contribution in [3.8, 4) is 0 Å². The fraction of sp³-hybridized carbons (Fsp3) is 0.769. The van der Waals surface area contributed by atoms with E-state index in [1.54, 1.807) is 0 Å². The topological polar surface area (TPSA) is 74.7 Å². The maximum atomic E-state index is 12.2. The predicted molar refractivity (Wildman–Crippen MR) is 63.6 cm³/mol. The number of hydrogen-bond acceptors (Lipinski definition) is 3. The highest BCUT2D eigenvalue weighted by Crippen LogP contribution is 2.64. The normalized spacial score (nSPS) is 32.1. The second-order valence-corrected chi connectivity index (χ2v) is 6.12. The molecular weight excluding hydrogens is 234 g/mol. The Labute approximate surface area is 106 Å². The van der Waals surface area contributed by atoms with E-state index in [1.165, 1.54) is 6.92 Å². The number of carboxylic acid groups (broad SMARTS) is 1. The third kappa shape index (κ3) is 1.36. The van der Waals surface area contributed by atoms with Gasteiger partial charge in [-0.3, -0.25) is 14.5 Å². The molecule has 1 saturated carbocycles. The van der Waals surface area contributed by atoms with Crippen LogP contribution in [0.1, 0.15) is 40.5 Å². The number of nitrogens with zero attached hydrogens (tertiary/aromatic N) is 1. The van der Waals surface area contributed by atoms with Gasteiger partial charge in [0, 0.05) is 0 Å². The monoisotopic (exact) mass is 253 g/mol. The molecule has 0 aromatic heterocycles. The van der Waals surface area contributed by atoms with E-state index in [9.17, 15) is 19.5 Å². The first-order chi connectivity index (χ1) is 8.19. The molecule has 3 unspecified atom stereocenters. The molecule has 5 heteroatoms. The molecule has 5 nitrogen and oxygen atoms in total. The Morgan fingerprint density at radius 1 is 1.33 bits per heavy atom. The van der Waals surface area contributed by atoms with E-state index in [4.69, 9.17) is 0 Å². The zero-order valence-electron chi connectivity index (χ0n) is 11.2. The second-order valence-electron chi connectivity index (χ2n) is 6.12. The number of imide groups is 1. The summed E-state index contributed by atoms with van der Waals surface area (Å²) in [5.74, 6) is -2.37. The van der Waals surface area contributed by atoms with Crippen LogP contribution in [0.5, 0.6) is 0 Å². The molecule has 0 aromatic carbocycles. The quantitative estimate of drug-likeness (QED) is 0.766. The molecule has 18 heavy (non-hydrogen) atoms. The van der Waals surface area contributed by atoms with E-state index in [2.05, 4.69) is 0 Å². The van der Waals surface area contributed by atoms with Crippen molar-refractivity contribution in [2.45, 2.75) is 46.1 Å². The van der Waals surface area contributed by atoms with Crippen LogP contribution in [0.3, 0.4) is 0 Å². The van der Waals surface area contributed by atoms with E-state index >= 15 is 0 Å². The molecule has 1 saturated heterocycles. The van der Waals surface area contributed by atoms with Crippen molar-refractivity contribution >= 4 is 17.8 Å². The lowest BCUT2D eigenvalue weighted by Gasteiger charge is -2.35. The van der Waals surface area contributed by atoms with E-state index in [1.807, 2.05) is 20.8 Å². The van der Waals surface area contributed by atoms with Crippen molar-refractivity contribution in [3.63, 3.8) is 0 Å². The SMILES string of the molecule is CCCC(C)(C(=O)O)N1C(=O)C2C(C1=O)C2(C)C. The standard InChI is InChI=1S/C13H19NO4/c1-5-6-13(4,11(17)18)14-9(15)7-8(10(14)16)12(7,2)3/h7-8H,5-6H2,1-4H3,(H,17,18). The number of carbonyl (C=O) groups is 3. The molecular formula is C13H19NO4. The molecule has 2 fully saturated rings. The Kier molecular flexibility index (Phi) is 2.58. The molecule has 1 aliphatic heterocycles. The third-order valence-corrected chi connectivity index (χ3v) is 4.49. The summed E-state index contributed by atoms with van der Waals surface area (Å²) in [7, 11) is 0. The fourth-order valence-electron chi connectivity index (χ4n) is 3.23. The molecule has 1 aliphatic carbocycles. The number of rotatable bonds is 4. The van der Waals surface area contributed by atoms with Crippen LogP contribution in [0.4, 0.5) is 0 Å². The van der Waals surface area contributed by atoms with Gasteiger partial charge in [-0.05, 0) is 18.8 Å². The Hall–Kier alpha value is -1.39. The molecule has 2 aliphatic rings. The minimum Gasteiger partial charge on any atom is -0.479 e. The van der Waals surface area contributed by atoms with Gasteiger partial charge in [0.2, 0.25) is 11.8 Å². The highest BCUT2D eigenvalue weighted by Gasteiger charge is 2.74. The average Bonchev–Trinajstić information content (AvgIpc) is 2.68. The van der Waals surface area contributed by atoms with Gasteiger partial charge in [-0.15, -0.1) is 0 Å². The van der Waals surface area contributed by atoms with Crippen LogP contribution >= 0.6 is 0 Å². The van der Waals surface area contributed by atoms with Crippen molar-refractivity contribution in [2.75, 3.05) is 0 Å². The Morgan fingerprint density at radius 3 is 2.11 bits per heavy atom. The first-order valence-electron chi connectivity index (χ1n) is 6.31. The molecule has 0 radical (unpaired) electrons. The third-order valence-electron chi connectivity index (χ3n) is 4.49. The van der Waals surface area contributed by atoms with Crippen LogP contribution in [0, 0.1) is 17.3 Å². The van der Waals surface area contributed by atoms with E-state index in [-0.39, 0.29) is 29.1 Å². The van der Waals surface area contributed by atoms with Crippen molar-refractivity contribution in [1.29, 1.82) is 0 Å². The van der Waals surface area contributed by atoms with Gasteiger partial charge in [0.1, 0.15) is 5.54 Å². The summed E-state index contributed by atoms with van der Waals surface area (Å²) < 4.78 is 0. The molecule has 0 aromatic rings. The summed E-state index contributed by atoms with van der Waals surface area (Å²) in [6.07, 6.45) is 0.901. The molecule has 3 atom stereocenters. The Bertz CT molecular complexity index is 418. The number of piperidine rings is 1. The maximum absolute atomic E-state index is 12.2. The zero-order chi connectivity index (χ0) is 13.9. The van der Waals surface area contributed by atoms with Crippen molar-refractivity contribution in [2.24, 2.45) is 17.3 Å². The number of carbonyl (C=O) groups excluding carboxylic acids is 2. The smallest absolute Gasteiger partial charge is 0.329 e. The molecule has 2 amide bonds. The van der Waals surface area contributed by atoms with Gasteiger partial charge in [-0.2, -0.15) is 0 Å². The minimum atomic E-state index is -1.40. The number of likely N-dealkylation sites (tertiary alicyclic amines) is 1. The van der Waals surface area contributed by atoms with Crippen molar-refractivity contribution in [3.05, 3.63) is 0 Å². The van der Waals surface area contributed by atoms with Crippen LogP contribution < -0.4 is 0 Å². The largest absolute Gasteiger partial charge is 0.479 e. The average molecular weight is 253 g/mol. The number of fused-ring (bicyclic) bond motifs is 1. The molecule has 1 N–H and O–H groups in total. The van der Waals surface area contributed by atoms with Crippen LogP contribution in [-0.4, -0.2) is 33.3 Å². The molecule has 2 rings (SSSR count). The van der Waals surface area contributed by atoms with E-state index < -0.39 is 11.5 Å². The number of amides is 2. The Balaban J connectivity index is 2.34. The second kappa shape index (κ2) is 3.56. The lowest BCUT2D eigenvalue weighted by Crippen LogP contribution is -2.57. The number of carboxylic acids is 1. The highest BCUT2D eigenvalue weighted by atomic mass is 16.4. The fourth-order valence-corrected chi connectivity index (χ4v) is 3.23. The number of aliphatic carboxylic acids is 1. The zero-order valence-corrected chi connectivity index (χ0v) is 11.2. The van der Waals surface area contributed by atoms with E-state index in [0.29, 0.717) is 12.8 Å². The highest BCUT2D eigenvalue weighted by molar-refractivity contribution is 6.13. The summed E-state index contributed by atoms with van der Waals surface area (Å²) in [5.41, 5.74) is -1.69. The van der Waals surface area contributed by atoms with Gasteiger partial charge in [0.05, 0.1) is 11.8 Å². The van der Waals surface area contributed by atoms with Crippen LogP contribution in [0.25, 0.3) is 0 Å². The molecule has 100 valence electrons. The first-order valence-corrected chi connectivity index (χ1v) is 6.31. The van der Waals surface area contributed by atoms with Gasteiger partial charge in [0.25, 0.3) is 0 Å². The molecule has 0 bridgehead atoms. The van der Waals surface area contributed by atoms with Crippen LogP contribution in [-0.2, 0) is 14.4 Å². The Morgan fingerprint density at radius 2 is 1.78 bits per heavy atom. The number of hydrogen-bond donors (Lipinski definition) is 1. The van der Waals surface area contributed by atoms with Gasteiger partial charge in [-0.25, -0.2) is 4.79 Å². The molecule has 1 heterocycles. The van der Waals surface area contributed by atoms with Gasteiger partial charge in [-0.1, -0.05) is 27.2 Å². The summed E-state index contributed by atoms with van der Waals surface area (Å²) >= 11 is 0. The lowest BCUT2D eigenvalue weighted by molar-refractivity contribution is -0.165. The maximum Gasteiger partial charge on any atom is 0.329 e. The summed E-state index contributed by atoms with van der Waals surface area (Å²) in [5, 5.41) is 9.34.